The maximum Gasteiger partial charge on any atom is 0.305 e. The van der Waals surface area contributed by atoms with E-state index in [2.05, 4.69) is 0 Å². The summed E-state index contributed by atoms with van der Waals surface area (Å²) < 4.78 is 10.1. The predicted octanol–water partition coefficient (Wildman–Crippen LogP) is 1.67. The van der Waals surface area contributed by atoms with Gasteiger partial charge in [0.15, 0.2) is 0 Å². The molecule has 22 heavy (non-hydrogen) atoms. The number of hydrogen-bond donors (Lipinski definition) is 2. The van der Waals surface area contributed by atoms with Crippen molar-refractivity contribution in [3.63, 3.8) is 0 Å². The first-order chi connectivity index (χ1) is 10.1. The Morgan fingerprint density at radius 2 is 1.09 bits per heavy atom. The summed E-state index contributed by atoms with van der Waals surface area (Å²) in [5.74, 6) is -0.646. The Morgan fingerprint density at radius 3 is 1.36 bits per heavy atom. The van der Waals surface area contributed by atoms with Crippen LogP contribution in [-0.4, -0.2) is 48.6 Å². The van der Waals surface area contributed by atoms with E-state index >= 15 is 0 Å². The van der Waals surface area contributed by atoms with E-state index in [-0.39, 0.29) is 51.2 Å². The van der Waals surface area contributed by atoms with E-state index in [1.54, 1.807) is 0 Å². The third kappa shape index (κ3) is 10.6. The van der Waals surface area contributed by atoms with Crippen molar-refractivity contribution in [1.29, 1.82) is 0 Å². The number of unbranched alkanes of at least 4 members (excludes halogenated alkanes) is 1. The Labute approximate surface area is 132 Å². The van der Waals surface area contributed by atoms with Crippen LogP contribution >= 0.6 is 0 Å². The van der Waals surface area contributed by atoms with Crippen LogP contribution in [0.25, 0.3) is 0 Å². The lowest BCUT2D eigenvalue weighted by atomic mass is 9.96. The molecule has 0 saturated heterocycles. The van der Waals surface area contributed by atoms with E-state index in [0.29, 0.717) is 12.8 Å². The maximum atomic E-state index is 11.5. The van der Waals surface area contributed by atoms with E-state index in [0.717, 1.165) is 0 Å². The molecule has 0 fully saturated rings. The van der Waals surface area contributed by atoms with E-state index < -0.39 is 10.8 Å². The predicted molar refractivity (Wildman–Crippen MR) is 82.1 cm³/mol. The fourth-order valence-electron chi connectivity index (χ4n) is 1.33. The summed E-state index contributed by atoms with van der Waals surface area (Å²) in [6, 6.07) is 0. The highest BCUT2D eigenvalue weighted by molar-refractivity contribution is 5.70. The Hall–Kier alpha value is -1.14. The van der Waals surface area contributed by atoms with Crippen LogP contribution in [0, 0.1) is 10.8 Å². The topological polar surface area (TPSA) is 93.1 Å². The number of hydrogen-bond acceptors (Lipinski definition) is 6. The molecule has 0 amide bonds. The van der Waals surface area contributed by atoms with Crippen molar-refractivity contribution in [2.45, 2.75) is 53.4 Å². The smallest absolute Gasteiger partial charge is 0.305 e. The first-order valence-electron chi connectivity index (χ1n) is 7.65. The van der Waals surface area contributed by atoms with Gasteiger partial charge in [-0.15, -0.1) is 0 Å². The molecule has 0 rings (SSSR count). The van der Waals surface area contributed by atoms with Crippen LogP contribution in [0.2, 0.25) is 0 Å². The second kappa shape index (κ2) is 9.79. The third-order valence-corrected chi connectivity index (χ3v) is 3.12. The van der Waals surface area contributed by atoms with Crippen LogP contribution in [0.5, 0.6) is 0 Å². The number of carbonyl (C=O) groups excluding carboxylic acids is 2. The lowest BCUT2D eigenvalue weighted by Gasteiger charge is -2.21. The van der Waals surface area contributed by atoms with Crippen LogP contribution in [0.15, 0.2) is 0 Å². The molecule has 0 saturated carbocycles. The molecule has 0 heterocycles. The first kappa shape index (κ1) is 20.9. The van der Waals surface area contributed by atoms with Crippen molar-refractivity contribution in [1.82, 2.24) is 0 Å². The fourth-order valence-corrected chi connectivity index (χ4v) is 1.33. The average Bonchev–Trinajstić information content (AvgIpc) is 2.47. The van der Waals surface area contributed by atoms with Crippen LogP contribution in [-0.2, 0) is 19.1 Å². The average molecular weight is 318 g/mol. The number of aliphatic hydroxyl groups is 2. The van der Waals surface area contributed by atoms with Gasteiger partial charge in [-0.2, -0.15) is 0 Å². The molecule has 0 radical (unpaired) electrons. The molecular weight excluding hydrogens is 288 g/mol. The minimum Gasteiger partial charge on any atom is -0.465 e. The zero-order valence-corrected chi connectivity index (χ0v) is 14.2. The zero-order chi connectivity index (χ0) is 17.2. The Bertz CT molecular complexity index is 315. The van der Waals surface area contributed by atoms with Gasteiger partial charge in [-0.05, 0) is 12.8 Å². The van der Waals surface area contributed by atoms with Crippen molar-refractivity contribution in [3.05, 3.63) is 0 Å². The second-order valence-corrected chi connectivity index (χ2v) is 7.17. The highest BCUT2D eigenvalue weighted by atomic mass is 16.5. The summed E-state index contributed by atoms with van der Waals surface area (Å²) in [6.07, 6.45) is 1.60. The molecule has 0 aromatic heterocycles. The van der Waals surface area contributed by atoms with Crippen LogP contribution in [0.4, 0.5) is 0 Å². The molecule has 0 unspecified atom stereocenters. The SMILES string of the molecule is CC(C)(CO)COC(=O)CCCCC(=O)OCC(C)(C)CO. The summed E-state index contributed by atoms with van der Waals surface area (Å²) in [7, 11) is 0. The first-order valence-corrected chi connectivity index (χ1v) is 7.65. The minimum atomic E-state index is -0.432. The van der Waals surface area contributed by atoms with Crippen molar-refractivity contribution >= 4 is 11.9 Å². The Balaban J connectivity index is 3.72. The van der Waals surface area contributed by atoms with Crippen molar-refractivity contribution in [2.24, 2.45) is 10.8 Å². The van der Waals surface area contributed by atoms with Gasteiger partial charge in [0.1, 0.15) is 0 Å². The maximum absolute atomic E-state index is 11.5. The third-order valence-electron chi connectivity index (χ3n) is 3.12. The zero-order valence-electron chi connectivity index (χ0n) is 14.2. The summed E-state index contributed by atoms with van der Waals surface area (Å²) in [6.45, 7) is 7.51. The van der Waals surface area contributed by atoms with Gasteiger partial charge in [0, 0.05) is 23.7 Å². The monoisotopic (exact) mass is 318 g/mol. The van der Waals surface area contributed by atoms with E-state index in [1.165, 1.54) is 0 Å². The van der Waals surface area contributed by atoms with Crippen molar-refractivity contribution in [2.75, 3.05) is 26.4 Å². The quantitative estimate of drug-likeness (QED) is 0.445. The number of esters is 2. The largest absolute Gasteiger partial charge is 0.465 e. The van der Waals surface area contributed by atoms with Gasteiger partial charge in [0.05, 0.1) is 26.4 Å². The Morgan fingerprint density at radius 1 is 0.773 bits per heavy atom. The molecule has 2 N–H and O–H groups in total. The molecule has 0 aromatic rings. The minimum absolute atomic E-state index is 0.0453. The number of rotatable bonds is 11. The van der Waals surface area contributed by atoms with Gasteiger partial charge >= 0.3 is 11.9 Å². The number of ether oxygens (including phenoxy) is 2. The van der Waals surface area contributed by atoms with Crippen LogP contribution < -0.4 is 0 Å². The van der Waals surface area contributed by atoms with Gasteiger partial charge in [-0.3, -0.25) is 9.59 Å². The van der Waals surface area contributed by atoms with Crippen LogP contribution in [0.3, 0.4) is 0 Å². The molecule has 6 nitrogen and oxygen atoms in total. The number of carbonyl (C=O) groups is 2. The molecule has 6 heteroatoms. The molecule has 0 atom stereocenters. The molecule has 0 spiro atoms. The summed E-state index contributed by atoms with van der Waals surface area (Å²) in [4.78, 5) is 23.0. The fraction of sp³-hybridized carbons (Fsp3) is 0.875. The van der Waals surface area contributed by atoms with Crippen molar-refractivity contribution in [3.8, 4) is 0 Å². The second-order valence-electron chi connectivity index (χ2n) is 7.17. The summed E-state index contributed by atoms with van der Waals surface area (Å²) in [5.41, 5.74) is -0.863. The molecular formula is C16H30O6. The molecule has 0 aliphatic carbocycles. The van der Waals surface area contributed by atoms with E-state index in [9.17, 15) is 9.59 Å². The van der Waals surface area contributed by atoms with Gasteiger partial charge < -0.3 is 19.7 Å². The van der Waals surface area contributed by atoms with Gasteiger partial charge in [-0.25, -0.2) is 0 Å². The van der Waals surface area contributed by atoms with Gasteiger partial charge in [0.2, 0.25) is 0 Å². The summed E-state index contributed by atoms with van der Waals surface area (Å²) >= 11 is 0. The lowest BCUT2D eigenvalue weighted by Crippen LogP contribution is -2.25. The normalized spacial score (nSPS) is 12.1. The van der Waals surface area contributed by atoms with Crippen molar-refractivity contribution < 1.29 is 29.3 Å². The molecule has 0 aliphatic heterocycles. The molecule has 0 bridgehead atoms. The van der Waals surface area contributed by atoms with E-state index in [4.69, 9.17) is 19.7 Å². The lowest BCUT2D eigenvalue weighted by molar-refractivity contribution is -0.149. The molecule has 0 aliphatic rings. The standard InChI is InChI=1S/C16H30O6/c1-15(2,9-17)11-21-13(19)7-5-6-8-14(20)22-12-16(3,4)10-18/h17-18H,5-12H2,1-4H3. The van der Waals surface area contributed by atoms with Crippen LogP contribution in [0.1, 0.15) is 53.4 Å². The van der Waals surface area contributed by atoms with Gasteiger partial charge in [-0.1, -0.05) is 27.7 Å². The summed E-state index contributed by atoms with van der Waals surface area (Å²) in [5, 5.41) is 18.1. The highest BCUT2D eigenvalue weighted by Crippen LogP contribution is 2.15. The molecule has 0 aromatic carbocycles. The highest BCUT2D eigenvalue weighted by Gasteiger charge is 2.20. The van der Waals surface area contributed by atoms with Gasteiger partial charge in [0.25, 0.3) is 0 Å². The molecule has 130 valence electrons. The van der Waals surface area contributed by atoms with E-state index in [1.807, 2.05) is 27.7 Å². The number of aliphatic hydroxyl groups excluding tert-OH is 2. The Kier molecular flexibility index (Phi) is 9.28.